The Labute approximate surface area is 127 Å². The molecule has 112 valence electrons. The monoisotopic (exact) mass is 329 g/mol. The van der Waals surface area contributed by atoms with E-state index in [4.69, 9.17) is 11.6 Å². The Morgan fingerprint density at radius 2 is 1.95 bits per heavy atom. The molecule has 0 aromatic heterocycles. The van der Waals surface area contributed by atoms with Gasteiger partial charge in [0.15, 0.2) is 9.84 Å². The first-order chi connectivity index (χ1) is 9.77. The maximum absolute atomic E-state index is 13.1. The van der Waals surface area contributed by atoms with Gasteiger partial charge in [-0.05, 0) is 36.4 Å². The zero-order valence-corrected chi connectivity index (χ0v) is 12.7. The van der Waals surface area contributed by atoms with Crippen LogP contribution < -0.4 is 5.32 Å². The van der Waals surface area contributed by atoms with E-state index >= 15 is 0 Å². The molecule has 4 nitrogen and oxygen atoms in total. The van der Waals surface area contributed by atoms with Crippen LogP contribution in [0.5, 0.6) is 5.75 Å². The lowest BCUT2D eigenvalue weighted by atomic mass is 10.2. The molecule has 0 radical (unpaired) electrons. The second-order valence-electron chi connectivity index (χ2n) is 4.54. The van der Waals surface area contributed by atoms with E-state index in [1.807, 2.05) is 0 Å². The van der Waals surface area contributed by atoms with Gasteiger partial charge in [-0.25, -0.2) is 12.8 Å². The first kappa shape index (κ1) is 15.6. The molecular formula is C14H13ClFNO3S. The fraction of sp³-hybridized carbons (Fsp3) is 0.143. The standard InChI is InChI=1S/C14H13ClFNO3S/c1-21(19,20)11-3-4-12(15)13(7-11)17-8-9-6-10(16)2-5-14(9)18/h2-7,17-18H,8H2,1H3. The fourth-order valence-electron chi connectivity index (χ4n) is 1.76. The fourth-order valence-corrected chi connectivity index (χ4v) is 2.59. The third-order valence-electron chi connectivity index (χ3n) is 2.88. The summed E-state index contributed by atoms with van der Waals surface area (Å²) in [6, 6.07) is 7.86. The Hall–Kier alpha value is -1.79. The van der Waals surface area contributed by atoms with E-state index in [2.05, 4.69) is 5.32 Å². The van der Waals surface area contributed by atoms with Gasteiger partial charge >= 0.3 is 0 Å². The van der Waals surface area contributed by atoms with Gasteiger partial charge < -0.3 is 10.4 Å². The maximum Gasteiger partial charge on any atom is 0.175 e. The van der Waals surface area contributed by atoms with Crippen molar-refractivity contribution in [1.29, 1.82) is 0 Å². The zero-order chi connectivity index (χ0) is 15.6. The molecule has 7 heteroatoms. The molecule has 0 bridgehead atoms. The summed E-state index contributed by atoms with van der Waals surface area (Å²) >= 11 is 5.99. The molecule has 0 atom stereocenters. The van der Waals surface area contributed by atoms with Crippen LogP contribution in [0.25, 0.3) is 0 Å². The van der Waals surface area contributed by atoms with Crippen molar-refractivity contribution in [3.8, 4) is 5.75 Å². The third kappa shape index (κ3) is 3.86. The van der Waals surface area contributed by atoms with Gasteiger partial charge in [0.1, 0.15) is 11.6 Å². The van der Waals surface area contributed by atoms with Crippen molar-refractivity contribution < 1.29 is 17.9 Å². The lowest BCUT2D eigenvalue weighted by Crippen LogP contribution is -2.03. The smallest absolute Gasteiger partial charge is 0.175 e. The van der Waals surface area contributed by atoms with Crippen molar-refractivity contribution in [3.63, 3.8) is 0 Å². The highest BCUT2D eigenvalue weighted by molar-refractivity contribution is 7.90. The van der Waals surface area contributed by atoms with Crippen LogP contribution in [-0.2, 0) is 16.4 Å². The number of halogens is 2. The first-order valence-corrected chi connectivity index (χ1v) is 8.25. The van der Waals surface area contributed by atoms with Crippen LogP contribution in [0, 0.1) is 5.82 Å². The summed E-state index contributed by atoms with van der Waals surface area (Å²) < 4.78 is 36.1. The molecule has 0 aliphatic carbocycles. The van der Waals surface area contributed by atoms with Crippen LogP contribution in [0.3, 0.4) is 0 Å². The van der Waals surface area contributed by atoms with E-state index < -0.39 is 15.7 Å². The van der Waals surface area contributed by atoms with Crippen LogP contribution in [0.1, 0.15) is 5.56 Å². The number of nitrogens with one attached hydrogen (secondary N) is 1. The molecule has 0 saturated carbocycles. The average molecular weight is 330 g/mol. The van der Waals surface area contributed by atoms with Crippen molar-refractivity contribution in [2.45, 2.75) is 11.4 Å². The van der Waals surface area contributed by atoms with Gasteiger partial charge in [-0.2, -0.15) is 0 Å². The highest BCUT2D eigenvalue weighted by atomic mass is 35.5. The van der Waals surface area contributed by atoms with Crippen LogP contribution >= 0.6 is 11.6 Å². The number of sulfone groups is 1. The van der Waals surface area contributed by atoms with Crippen LogP contribution in [-0.4, -0.2) is 19.8 Å². The molecular weight excluding hydrogens is 317 g/mol. The average Bonchev–Trinajstić information content (AvgIpc) is 2.40. The third-order valence-corrected chi connectivity index (χ3v) is 4.32. The van der Waals surface area contributed by atoms with E-state index in [9.17, 15) is 17.9 Å². The number of hydrogen-bond acceptors (Lipinski definition) is 4. The van der Waals surface area contributed by atoms with E-state index in [1.165, 1.54) is 30.3 Å². The maximum atomic E-state index is 13.1. The molecule has 2 N–H and O–H groups in total. The summed E-state index contributed by atoms with van der Waals surface area (Å²) in [6.07, 6.45) is 1.10. The number of anilines is 1. The van der Waals surface area contributed by atoms with Gasteiger partial charge in [0.05, 0.1) is 15.6 Å². The summed E-state index contributed by atoms with van der Waals surface area (Å²) in [4.78, 5) is 0.123. The highest BCUT2D eigenvalue weighted by Gasteiger charge is 2.11. The van der Waals surface area contributed by atoms with E-state index in [-0.39, 0.29) is 17.2 Å². The number of benzene rings is 2. The molecule has 0 heterocycles. The Balaban J connectivity index is 2.26. The predicted molar refractivity (Wildman–Crippen MR) is 80.0 cm³/mol. The van der Waals surface area contributed by atoms with Crippen molar-refractivity contribution in [2.24, 2.45) is 0 Å². The quantitative estimate of drug-likeness (QED) is 0.904. The van der Waals surface area contributed by atoms with Gasteiger partial charge in [-0.3, -0.25) is 0 Å². The van der Waals surface area contributed by atoms with Crippen LogP contribution in [0.4, 0.5) is 10.1 Å². The van der Waals surface area contributed by atoms with Crippen molar-refractivity contribution >= 4 is 27.1 Å². The molecule has 21 heavy (non-hydrogen) atoms. The summed E-state index contributed by atoms with van der Waals surface area (Å²) in [5.74, 6) is -0.528. The van der Waals surface area contributed by atoms with Gasteiger partial charge in [-0.1, -0.05) is 11.6 Å². The predicted octanol–water partition coefficient (Wildman–Crippen LogP) is 3.20. The highest BCUT2D eigenvalue weighted by Crippen LogP contribution is 2.27. The lowest BCUT2D eigenvalue weighted by molar-refractivity contribution is 0.466. The minimum Gasteiger partial charge on any atom is -0.508 e. The lowest BCUT2D eigenvalue weighted by Gasteiger charge is -2.11. The zero-order valence-electron chi connectivity index (χ0n) is 11.1. The summed E-state index contributed by atoms with van der Waals surface area (Å²) in [6.45, 7) is 0.108. The Morgan fingerprint density at radius 1 is 1.24 bits per heavy atom. The molecule has 2 aromatic rings. The molecule has 0 fully saturated rings. The molecule has 0 amide bonds. The Kier molecular flexibility index (Phi) is 4.39. The minimum atomic E-state index is -3.35. The Bertz CT molecular complexity index is 778. The summed E-state index contributed by atoms with van der Waals surface area (Å²) in [5.41, 5.74) is 0.735. The van der Waals surface area contributed by atoms with Crippen molar-refractivity contribution in [1.82, 2.24) is 0 Å². The summed E-state index contributed by atoms with van der Waals surface area (Å²) in [7, 11) is -3.35. The van der Waals surface area contributed by atoms with Crippen molar-refractivity contribution in [2.75, 3.05) is 11.6 Å². The molecule has 0 aliphatic rings. The first-order valence-electron chi connectivity index (χ1n) is 5.98. The van der Waals surface area contributed by atoms with Gasteiger partial charge in [0.25, 0.3) is 0 Å². The van der Waals surface area contributed by atoms with Crippen LogP contribution in [0.2, 0.25) is 5.02 Å². The number of rotatable bonds is 4. The van der Waals surface area contributed by atoms with Gasteiger partial charge in [-0.15, -0.1) is 0 Å². The van der Waals surface area contributed by atoms with Gasteiger partial charge in [0.2, 0.25) is 0 Å². The normalized spacial score (nSPS) is 11.4. The van der Waals surface area contributed by atoms with E-state index in [0.29, 0.717) is 16.3 Å². The SMILES string of the molecule is CS(=O)(=O)c1ccc(Cl)c(NCc2cc(F)ccc2O)c1. The van der Waals surface area contributed by atoms with Gasteiger partial charge in [0, 0.05) is 18.4 Å². The van der Waals surface area contributed by atoms with E-state index in [1.54, 1.807) is 0 Å². The number of phenolic OH excluding ortho intramolecular Hbond substituents is 1. The molecule has 0 unspecified atom stereocenters. The number of hydrogen-bond donors (Lipinski definition) is 2. The number of phenols is 1. The van der Waals surface area contributed by atoms with Crippen LogP contribution in [0.15, 0.2) is 41.3 Å². The second kappa shape index (κ2) is 5.91. The largest absolute Gasteiger partial charge is 0.508 e. The van der Waals surface area contributed by atoms with E-state index in [0.717, 1.165) is 12.3 Å². The minimum absolute atomic E-state index is 0.0562. The molecule has 0 saturated heterocycles. The molecule has 2 rings (SSSR count). The molecule has 2 aromatic carbocycles. The topological polar surface area (TPSA) is 66.4 Å². The van der Waals surface area contributed by atoms with Crippen molar-refractivity contribution in [3.05, 3.63) is 52.8 Å². The molecule has 0 aliphatic heterocycles. The Morgan fingerprint density at radius 3 is 2.62 bits per heavy atom. The number of aromatic hydroxyl groups is 1. The summed E-state index contributed by atoms with van der Waals surface area (Å²) in [5, 5.41) is 12.8. The molecule has 0 spiro atoms. The second-order valence-corrected chi connectivity index (χ2v) is 6.96.